The summed E-state index contributed by atoms with van der Waals surface area (Å²) in [6.45, 7) is 4.32. The Hall–Kier alpha value is -2.55. The van der Waals surface area contributed by atoms with Gasteiger partial charge in [-0.25, -0.2) is 4.57 Å². The van der Waals surface area contributed by atoms with Gasteiger partial charge in [0.05, 0.1) is 27.7 Å². The number of allylic oxidation sites excluding steroid dienone is 12. The van der Waals surface area contributed by atoms with E-state index in [4.69, 9.17) is 18.5 Å². The monoisotopic (exact) mass is 891 g/mol. The number of likely N-dealkylation sites (N-methyl/N-ethyl adjacent to an activating group) is 1. The fourth-order valence-electron chi connectivity index (χ4n) is 6.33. The van der Waals surface area contributed by atoms with E-state index in [9.17, 15) is 19.0 Å². The van der Waals surface area contributed by atoms with Crippen LogP contribution in [-0.4, -0.2) is 74.9 Å². The van der Waals surface area contributed by atoms with Crippen molar-refractivity contribution in [3.05, 3.63) is 72.9 Å². The second kappa shape index (κ2) is 43.7. The zero-order chi connectivity index (χ0) is 45.7. The fraction of sp³-hybridized carbons (Fsp3) is 0.731. The maximum atomic E-state index is 12.7. The van der Waals surface area contributed by atoms with E-state index in [2.05, 4.69) is 86.8 Å². The molecular weight excluding hydrogens is 798 g/mol. The van der Waals surface area contributed by atoms with Crippen LogP contribution in [0.1, 0.15) is 194 Å². The second-order valence-corrected chi connectivity index (χ2v) is 18.9. The summed E-state index contributed by atoms with van der Waals surface area (Å²) in [5, 5.41) is 0. The summed E-state index contributed by atoms with van der Waals surface area (Å²) in [4.78, 5) is 35.5. The average molecular weight is 891 g/mol. The van der Waals surface area contributed by atoms with Crippen LogP contribution in [0, 0.1) is 0 Å². The van der Waals surface area contributed by atoms with Crippen molar-refractivity contribution in [3.8, 4) is 0 Å². The lowest BCUT2D eigenvalue weighted by Crippen LogP contribution is -2.37. The highest BCUT2D eigenvalue weighted by molar-refractivity contribution is 7.47. The first-order valence-corrected chi connectivity index (χ1v) is 26.2. The molecule has 0 aliphatic rings. The number of rotatable bonds is 44. The van der Waals surface area contributed by atoms with E-state index in [1.165, 1.54) is 96.3 Å². The molecule has 0 aliphatic carbocycles. The van der Waals surface area contributed by atoms with Crippen LogP contribution in [0.2, 0.25) is 0 Å². The van der Waals surface area contributed by atoms with Gasteiger partial charge in [-0.3, -0.25) is 18.6 Å². The molecule has 0 saturated heterocycles. The number of hydrogen-bond acceptors (Lipinski definition) is 7. The van der Waals surface area contributed by atoms with E-state index < -0.39 is 32.5 Å². The SMILES string of the molecule is CCCCC/C=C/C/C=C/CCCCCCCCCC(=O)O[C@H](COC(=O)CCC/C=C/C/C=C/C/C=C/C/C=C/CCCCCCCCC)COP(=O)(O)OCC[N+](C)(C)C. The molecule has 1 unspecified atom stereocenters. The summed E-state index contributed by atoms with van der Waals surface area (Å²) in [6, 6.07) is 0. The van der Waals surface area contributed by atoms with E-state index >= 15 is 0 Å². The maximum Gasteiger partial charge on any atom is 0.472 e. The summed E-state index contributed by atoms with van der Waals surface area (Å²) >= 11 is 0. The van der Waals surface area contributed by atoms with Crippen LogP contribution in [0.15, 0.2) is 72.9 Å². The van der Waals surface area contributed by atoms with Crippen LogP contribution < -0.4 is 0 Å². The highest BCUT2D eigenvalue weighted by Crippen LogP contribution is 2.43. The third-order valence-electron chi connectivity index (χ3n) is 10.2. The van der Waals surface area contributed by atoms with Gasteiger partial charge in [0, 0.05) is 12.8 Å². The minimum absolute atomic E-state index is 0.0183. The van der Waals surface area contributed by atoms with Crippen molar-refractivity contribution < 1.29 is 42.1 Å². The first kappa shape index (κ1) is 59.5. The van der Waals surface area contributed by atoms with Crippen LogP contribution in [-0.2, 0) is 32.7 Å². The molecule has 2 atom stereocenters. The molecule has 0 aromatic carbocycles. The number of phosphoric acid groups is 1. The molecule has 10 heteroatoms. The molecule has 0 aromatic heterocycles. The lowest BCUT2D eigenvalue weighted by molar-refractivity contribution is -0.870. The Morgan fingerprint density at radius 1 is 0.500 bits per heavy atom. The van der Waals surface area contributed by atoms with Gasteiger partial charge in [0.1, 0.15) is 19.8 Å². The Morgan fingerprint density at radius 2 is 0.887 bits per heavy atom. The maximum absolute atomic E-state index is 12.7. The summed E-state index contributed by atoms with van der Waals surface area (Å²) in [5.41, 5.74) is 0. The van der Waals surface area contributed by atoms with Gasteiger partial charge in [0.25, 0.3) is 0 Å². The zero-order valence-corrected chi connectivity index (χ0v) is 41.2. The number of unbranched alkanes of at least 4 members (excludes halogenated alkanes) is 18. The Labute approximate surface area is 380 Å². The smallest absolute Gasteiger partial charge is 0.462 e. The second-order valence-electron chi connectivity index (χ2n) is 17.5. The van der Waals surface area contributed by atoms with Gasteiger partial charge in [-0.15, -0.1) is 0 Å². The average Bonchev–Trinajstić information content (AvgIpc) is 3.23. The summed E-state index contributed by atoms with van der Waals surface area (Å²) in [5.74, 6) is -0.876. The predicted octanol–water partition coefficient (Wildman–Crippen LogP) is 14.6. The van der Waals surface area contributed by atoms with Crippen molar-refractivity contribution in [1.82, 2.24) is 0 Å². The lowest BCUT2D eigenvalue weighted by Gasteiger charge is -2.24. The number of phosphoric ester groups is 1. The van der Waals surface area contributed by atoms with Crippen molar-refractivity contribution in [2.24, 2.45) is 0 Å². The predicted molar refractivity (Wildman–Crippen MR) is 261 cm³/mol. The third kappa shape index (κ3) is 46.9. The Kier molecular flexibility index (Phi) is 41.9. The highest BCUT2D eigenvalue weighted by Gasteiger charge is 2.27. The van der Waals surface area contributed by atoms with Crippen LogP contribution in [0.4, 0.5) is 0 Å². The van der Waals surface area contributed by atoms with Crippen LogP contribution in [0.3, 0.4) is 0 Å². The van der Waals surface area contributed by atoms with Crippen molar-refractivity contribution >= 4 is 19.8 Å². The Balaban J connectivity index is 4.41. The number of ether oxygens (including phenoxy) is 2. The number of quaternary nitrogens is 1. The molecule has 0 radical (unpaired) electrons. The highest BCUT2D eigenvalue weighted by atomic mass is 31.2. The standard InChI is InChI=1S/C52H92NO8P/c1-6-8-10-12-14-16-18-20-22-24-25-26-27-29-30-32-34-36-38-40-42-44-51(54)58-48-50(49-60-62(56,57)59-47-46-53(3,4)5)61-52(55)45-43-41-39-37-35-33-31-28-23-21-19-17-15-13-11-9-7-2/h15,17,21-24,26-27,30,32,36,38,50H,6-14,16,18-20,25,28-29,31,33-35,37,39-49H2,1-5H3/p+1/b17-15+,23-21+,24-22+,27-26+,32-30+,38-36+/t50-/m1/s1. The zero-order valence-electron chi connectivity index (χ0n) is 40.3. The van der Waals surface area contributed by atoms with Gasteiger partial charge in [0.15, 0.2) is 6.10 Å². The molecular formula is C52H93NO8P+. The van der Waals surface area contributed by atoms with E-state index in [1.54, 1.807) is 0 Å². The summed E-state index contributed by atoms with van der Waals surface area (Å²) in [6.07, 6.45) is 55.3. The minimum Gasteiger partial charge on any atom is -0.462 e. The molecule has 0 rings (SSSR count). The minimum atomic E-state index is -4.40. The van der Waals surface area contributed by atoms with Gasteiger partial charge >= 0.3 is 19.8 Å². The molecule has 0 amide bonds. The van der Waals surface area contributed by atoms with Gasteiger partial charge < -0.3 is 18.9 Å². The number of nitrogens with zero attached hydrogens (tertiary/aromatic N) is 1. The largest absolute Gasteiger partial charge is 0.472 e. The van der Waals surface area contributed by atoms with E-state index in [0.29, 0.717) is 23.9 Å². The van der Waals surface area contributed by atoms with Crippen molar-refractivity contribution in [1.29, 1.82) is 0 Å². The molecule has 0 spiro atoms. The first-order chi connectivity index (χ1) is 30.0. The van der Waals surface area contributed by atoms with Crippen molar-refractivity contribution in [2.75, 3.05) is 47.5 Å². The first-order valence-electron chi connectivity index (χ1n) is 24.7. The van der Waals surface area contributed by atoms with E-state index in [1.807, 2.05) is 21.1 Å². The number of carbonyl (C=O) groups excluding carboxylic acids is 2. The molecule has 0 aromatic rings. The topological polar surface area (TPSA) is 108 Å². The molecule has 0 heterocycles. The van der Waals surface area contributed by atoms with Crippen LogP contribution >= 0.6 is 7.82 Å². The Morgan fingerprint density at radius 3 is 1.37 bits per heavy atom. The van der Waals surface area contributed by atoms with Gasteiger partial charge in [-0.1, -0.05) is 170 Å². The van der Waals surface area contributed by atoms with E-state index in [0.717, 1.165) is 57.8 Å². The molecule has 0 saturated carbocycles. The van der Waals surface area contributed by atoms with Gasteiger partial charge in [0.2, 0.25) is 0 Å². The fourth-order valence-corrected chi connectivity index (χ4v) is 7.07. The summed E-state index contributed by atoms with van der Waals surface area (Å²) < 4.78 is 34.3. The van der Waals surface area contributed by atoms with Crippen LogP contribution in [0.5, 0.6) is 0 Å². The van der Waals surface area contributed by atoms with Gasteiger partial charge in [-0.05, 0) is 83.5 Å². The Bertz CT molecular complexity index is 1280. The van der Waals surface area contributed by atoms with E-state index in [-0.39, 0.29) is 26.1 Å². The number of carbonyl (C=O) groups is 2. The molecule has 0 aliphatic heterocycles. The van der Waals surface area contributed by atoms with Crippen molar-refractivity contribution in [2.45, 2.75) is 200 Å². The molecule has 62 heavy (non-hydrogen) atoms. The molecule has 358 valence electrons. The molecule has 9 nitrogen and oxygen atoms in total. The van der Waals surface area contributed by atoms with Crippen molar-refractivity contribution in [3.63, 3.8) is 0 Å². The molecule has 1 N–H and O–H groups in total. The third-order valence-corrected chi connectivity index (χ3v) is 11.2. The number of hydrogen-bond donors (Lipinski definition) is 1. The normalized spacial score (nSPS) is 14.1. The molecule has 0 fully saturated rings. The lowest BCUT2D eigenvalue weighted by atomic mass is 10.1. The number of esters is 2. The summed E-state index contributed by atoms with van der Waals surface area (Å²) in [7, 11) is 1.43. The molecule has 0 bridgehead atoms. The van der Waals surface area contributed by atoms with Crippen LogP contribution in [0.25, 0.3) is 0 Å². The van der Waals surface area contributed by atoms with Gasteiger partial charge in [-0.2, -0.15) is 0 Å². The quantitative estimate of drug-likeness (QED) is 0.0212.